The van der Waals surface area contributed by atoms with Crippen LogP contribution in [0.5, 0.6) is 0 Å². The first-order valence-corrected chi connectivity index (χ1v) is 7.33. The van der Waals surface area contributed by atoms with Gasteiger partial charge in [-0.05, 0) is 18.0 Å². The molecule has 23 heavy (non-hydrogen) atoms. The fourth-order valence-electron chi connectivity index (χ4n) is 2.51. The highest BCUT2D eigenvalue weighted by atomic mass is 79.9. The molecule has 2 saturated heterocycles. The van der Waals surface area contributed by atoms with E-state index in [0.717, 1.165) is 4.90 Å². The number of nitrogens with zero attached hydrogens (tertiary/aromatic N) is 7. The molecular weight excluding hydrogens is 376 g/mol. The smallest absolute Gasteiger partial charge is 0.326 e. The fourth-order valence-corrected chi connectivity index (χ4v) is 2.92. The van der Waals surface area contributed by atoms with E-state index in [-0.39, 0.29) is 6.42 Å². The third-order valence-electron chi connectivity index (χ3n) is 3.70. The van der Waals surface area contributed by atoms with Crippen molar-refractivity contribution in [3.05, 3.63) is 20.9 Å². The fraction of sp³-hybridized carbons (Fsp3) is 0.800. The minimum Gasteiger partial charge on any atom is -0.394 e. The summed E-state index contributed by atoms with van der Waals surface area (Å²) >= 11 is 3.16. The van der Waals surface area contributed by atoms with Crippen LogP contribution in [0.25, 0.3) is 20.9 Å². The number of halogens is 1. The van der Waals surface area contributed by atoms with Gasteiger partial charge in [-0.25, -0.2) is 4.79 Å². The van der Waals surface area contributed by atoms with Gasteiger partial charge in [0, 0.05) is 16.2 Å². The summed E-state index contributed by atoms with van der Waals surface area (Å²) in [5.41, 5.74) is 17.3. The van der Waals surface area contributed by atoms with Crippen LogP contribution in [0.3, 0.4) is 0 Å². The molecule has 2 aliphatic rings. The normalized spacial score (nSPS) is 36.9. The first-order chi connectivity index (χ1) is 10.9. The van der Waals surface area contributed by atoms with Crippen LogP contribution in [-0.2, 0) is 9.53 Å². The molecule has 0 aromatic carbocycles. The maximum atomic E-state index is 12.2. The summed E-state index contributed by atoms with van der Waals surface area (Å²) in [5, 5.41) is 18.5. The van der Waals surface area contributed by atoms with E-state index in [2.05, 4.69) is 41.3 Å². The summed E-state index contributed by atoms with van der Waals surface area (Å²) in [6.07, 6.45) is -2.82. The van der Waals surface area contributed by atoms with E-state index < -0.39 is 47.4 Å². The second-order valence-electron chi connectivity index (χ2n) is 5.14. The average molecular weight is 389 g/mol. The molecule has 0 saturated carbocycles. The second-order valence-corrected chi connectivity index (χ2v) is 6.79. The first-order valence-electron chi connectivity index (χ1n) is 6.54. The molecule has 2 aliphatic heterocycles. The number of ether oxygens (including phenoxy) is 1. The zero-order valence-corrected chi connectivity index (χ0v) is 13.5. The number of hydrogen-bond donors (Lipinski definition) is 2. The third kappa shape index (κ3) is 3.05. The van der Waals surface area contributed by atoms with Crippen molar-refractivity contribution in [1.29, 1.82) is 0 Å². The number of urea groups is 1. The second kappa shape index (κ2) is 6.60. The van der Waals surface area contributed by atoms with Gasteiger partial charge in [0.05, 0.1) is 18.8 Å². The van der Waals surface area contributed by atoms with Crippen molar-refractivity contribution in [3.63, 3.8) is 0 Å². The van der Waals surface area contributed by atoms with Gasteiger partial charge in [0.15, 0.2) is 0 Å². The third-order valence-corrected chi connectivity index (χ3v) is 4.47. The van der Waals surface area contributed by atoms with Gasteiger partial charge in [-0.15, -0.1) is 0 Å². The zero-order valence-electron chi connectivity index (χ0n) is 11.9. The van der Waals surface area contributed by atoms with Crippen molar-refractivity contribution in [3.8, 4) is 0 Å². The number of carbonyl (C=O) groups is 2. The van der Waals surface area contributed by atoms with Crippen LogP contribution in [0.15, 0.2) is 10.2 Å². The lowest BCUT2D eigenvalue weighted by Gasteiger charge is -2.43. The number of alkyl halides is 1. The van der Waals surface area contributed by atoms with Gasteiger partial charge in [-0.2, -0.15) is 0 Å². The van der Waals surface area contributed by atoms with E-state index in [4.69, 9.17) is 15.8 Å². The van der Waals surface area contributed by atoms with Crippen LogP contribution in [0, 0.1) is 0 Å². The summed E-state index contributed by atoms with van der Waals surface area (Å²) in [6, 6.07) is -1.48. The Morgan fingerprint density at radius 1 is 1.48 bits per heavy atom. The molecule has 2 N–H and O–H groups in total. The van der Waals surface area contributed by atoms with Crippen LogP contribution in [0.1, 0.15) is 13.3 Å². The largest absolute Gasteiger partial charge is 0.394 e. The number of amides is 3. The van der Waals surface area contributed by atoms with E-state index in [1.165, 1.54) is 6.92 Å². The minimum atomic E-state index is -1.36. The van der Waals surface area contributed by atoms with Crippen molar-refractivity contribution in [2.75, 3.05) is 6.61 Å². The summed E-state index contributed by atoms with van der Waals surface area (Å²) < 4.78 is 4.17. The van der Waals surface area contributed by atoms with Crippen LogP contribution in [-0.4, -0.2) is 57.4 Å². The molecule has 0 aliphatic carbocycles. The number of carbonyl (C=O) groups excluding carboxylic acids is 2. The van der Waals surface area contributed by atoms with E-state index in [9.17, 15) is 14.7 Å². The van der Waals surface area contributed by atoms with E-state index >= 15 is 0 Å². The Balaban J connectivity index is 2.35. The minimum absolute atomic E-state index is 0.0947. The van der Waals surface area contributed by atoms with E-state index in [0.29, 0.717) is 0 Å². The molecule has 0 radical (unpaired) electrons. The van der Waals surface area contributed by atoms with Gasteiger partial charge in [-0.1, -0.05) is 26.2 Å². The van der Waals surface area contributed by atoms with Gasteiger partial charge in [0.2, 0.25) is 5.91 Å². The van der Waals surface area contributed by atoms with Crippen molar-refractivity contribution in [1.82, 2.24) is 10.2 Å². The molecule has 0 aromatic heterocycles. The topological polar surface area (TPSA) is 176 Å². The number of rotatable bonds is 4. The predicted molar refractivity (Wildman–Crippen MR) is 78.9 cm³/mol. The lowest BCUT2D eigenvalue weighted by molar-refractivity contribution is -0.129. The molecule has 0 aromatic rings. The molecule has 2 heterocycles. The van der Waals surface area contributed by atoms with Crippen LogP contribution >= 0.6 is 15.9 Å². The predicted octanol–water partition coefficient (Wildman–Crippen LogP) is 1.11. The molecule has 5 atom stereocenters. The van der Waals surface area contributed by atoms with Crippen LogP contribution < -0.4 is 5.32 Å². The highest BCUT2D eigenvalue weighted by Gasteiger charge is 2.53. The molecule has 2 fully saturated rings. The number of nitrogens with one attached hydrogen (secondary N) is 1. The number of azide groups is 2. The lowest BCUT2D eigenvalue weighted by atomic mass is 10.0. The first kappa shape index (κ1) is 17.3. The van der Waals surface area contributed by atoms with Gasteiger partial charge in [0.25, 0.3) is 0 Å². The molecule has 124 valence electrons. The highest BCUT2D eigenvalue weighted by molar-refractivity contribution is 9.10. The van der Waals surface area contributed by atoms with Gasteiger partial charge >= 0.3 is 6.03 Å². The Bertz CT molecular complexity index is 614. The van der Waals surface area contributed by atoms with Crippen molar-refractivity contribution in [2.45, 2.75) is 42.2 Å². The maximum Gasteiger partial charge on any atom is 0.326 e. The molecule has 0 spiro atoms. The number of aliphatic hydroxyl groups excluding tert-OH is 1. The Hall–Kier alpha value is -2.04. The SMILES string of the molecule is C[C@]1(Br)C(=O)NC(=O)N([C@H]2C[C@H](N=[N+]=[N-])[C@@H](CO)O2)[C@H]1N=[N+]=[N-]. The highest BCUT2D eigenvalue weighted by Crippen LogP contribution is 2.36. The van der Waals surface area contributed by atoms with Crippen LogP contribution in [0.2, 0.25) is 0 Å². The molecular formula is C10H13BrN8O4. The molecule has 13 heteroatoms. The Labute approximate surface area is 138 Å². The summed E-state index contributed by atoms with van der Waals surface area (Å²) in [4.78, 5) is 30.5. The molecule has 2 rings (SSSR count). The number of aliphatic hydroxyl groups is 1. The van der Waals surface area contributed by atoms with Crippen LogP contribution in [0.4, 0.5) is 4.79 Å². The lowest BCUT2D eigenvalue weighted by Crippen LogP contribution is -2.67. The Morgan fingerprint density at radius 2 is 2.13 bits per heavy atom. The molecule has 0 bridgehead atoms. The summed E-state index contributed by atoms with van der Waals surface area (Å²) in [5.74, 6) is -0.653. The maximum absolute atomic E-state index is 12.2. The number of imide groups is 1. The Morgan fingerprint density at radius 3 is 2.70 bits per heavy atom. The molecule has 12 nitrogen and oxygen atoms in total. The Kier molecular flexibility index (Phi) is 4.97. The quantitative estimate of drug-likeness (QED) is 0.317. The number of hydrogen-bond acceptors (Lipinski definition) is 6. The summed E-state index contributed by atoms with van der Waals surface area (Å²) in [7, 11) is 0. The zero-order chi connectivity index (χ0) is 17.2. The van der Waals surface area contributed by atoms with E-state index in [1.54, 1.807) is 0 Å². The van der Waals surface area contributed by atoms with E-state index in [1.807, 2.05) is 0 Å². The van der Waals surface area contributed by atoms with Crippen molar-refractivity contribution in [2.24, 2.45) is 10.2 Å². The summed E-state index contributed by atoms with van der Waals surface area (Å²) in [6.45, 7) is 1.04. The van der Waals surface area contributed by atoms with Crippen molar-refractivity contribution < 1.29 is 19.4 Å². The van der Waals surface area contributed by atoms with Gasteiger partial charge in [0.1, 0.15) is 16.7 Å². The standard InChI is InChI=1S/C10H13BrN8O4/c1-10(11)7(16-18-13)19(9(22)14-8(10)21)6-2-4(15-17-12)5(3-20)23-6/h4-7,20H,2-3H2,1H3,(H,14,21,22)/t4-,5+,6+,7+,10+/m0/s1. The average Bonchev–Trinajstić information content (AvgIpc) is 2.88. The van der Waals surface area contributed by atoms with Gasteiger partial charge < -0.3 is 9.84 Å². The van der Waals surface area contributed by atoms with Gasteiger partial charge in [-0.3, -0.25) is 15.0 Å². The molecule has 0 unspecified atom stereocenters. The monoisotopic (exact) mass is 388 g/mol. The molecule has 3 amide bonds. The van der Waals surface area contributed by atoms with Crippen molar-refractivity contribution >= 4 is 27.9 Å².